The molecular formula is C33H33Cl2F2N3O4. The summed E-state index contributed by atoms with van der Waals surface area (Å²) in [6.07, 6.45) is 1.81. The summed E-state index contributed by atoms with van der Waals surface area (Å²) in [7, 11) is 0. The van der Waals surface area contributed by atoms with Crippen LogP contribution in [0.25, 0.3) is 0 Å². The number of piperidine rings is 1. The number of benzene rings is 3. The van der Waals surface area contributed by atoms with E-state index in [1.807, 2.05) is 36.4 Å². The summed E-state index contributed by atoms with van der Waals surface area (Å²) in [4.78, 5) is 31.6. The van der Waals surface area contributed by atoms with Gasteiger partial charge >= 0.3 is 6.09 Å². The molecule has 0 radical (unpaired) electrons. The third kappa shape index (κ3) is 5.90. The van der Waals surface area contributed by atoms with E-state index < -0.39 is 28.9 Å². The zero-order valence-electron chi connectivity index (χ0n) is 24.1. The summed E-state index contributed by atoms with van der Waals surface area (Å²) in [5, 5.41) is 0.830. The van der Waals surface area contributed by atoms with Crippen LogP contribution in [0.1, 0.15) is 36.8 Å². The smallest absolute Gasteiger partial charge is 0.410 e. The number of likely N-dealkylation sites (tertiary alicyclic amines) is 1. The molecule has 3 aliphatic heterocycles. The molecule has 3 saturated heterocycles. The summed E-state index contributed by atoms with van der Waals surface area (Å²) in [5.41, 5.74) is 0.498. The Morgan fingerprint density at radius 2 is 1.59 bits per heavy atom. The van der Waals surface area contributed by atoms with E-state index in [4.69, 9.17) is 32.7 Å². The monoisotopic (exact) mass is 643 g/mol. The van der Waals surface area contributed by atoms with Crippen molar-refractivity contribution >= 4 is 40.9 Å². The van der Waals surface area contributed by atoms with Crippen molar-refractivity contribution in [2.45, 2.75) is 36.8 Å². The fourth-order valence-corrected chi connectivity index (χ4v) is 6.98. The van der Waals surface area contributed by atoms with Gasteiger partial charge in [-0.15, -0.1) is 0 Å². The van der Waals surface area contributed by atoms with E-state index in [9.17, 15) is 18.4 Å². The molecule has 7 nitrogen and oxygen atoms in total. The van der Waals surface area contributed by atoms with E-state index >= 15 is 0 Å². The molecule has 0 bridgehead atoms. The highest BCUT2D eigenvalue weighted by molar-refractivity contribution is 6.42. The van der Waals surface area contributed by atoms with Gasteiger partial charge in [-0.1, -0.05) is 53.5 Å². The highest BCUT2D eigenvalue weighted by Gasteiger charge is 2.47. The molecule has 3 aliphatic rings. The van der Waals surface area contributed by atoms with E-state index in [1.165, 1.54) is 6.07 Å². The number of para-hydroxylation sites is 1. The summed E-state index contributed by atoms with van der Waals surface area (Å²) < 4.78 is 40.1. The molecule has 6 rings (SSSR count). The number of morpholine rings is 1. The molecule has 3 heterocycles. The van der Waals surface area contributed by atoms with E-state index in [0.29, 0.717) is 80.6 Å². The topological polar surface area (TPSA) is 62.3 Å². The molecule has 1 unspecified atom stereocenters. The molecule has 232 valence electrons. The fourth-order valence-electron chi connectivity index (χ4n) is 6.69. The third-order valence-electron chi connectivity index (χ3n) is 9.16. The van der Waals surface area contributed by atoms with E-state index in [2.05, 4.69) is 4.90 Å². The van der Waals surface area contributed by atoms with Crippen LogP contribution in [0.3, 0.4) is 0 Å². The molecule has 11 heteroatoms. The average molecular weight is 645 g/mol. The first kappa shape index (κ1) is 30.8. The van der Waals surface area contributed by atoms with Crippen molar-refractivity contribution in [3.63, 3.8) is 0 Å². The number of rotatable bonds is 7. The number of carbonyl (C=O) groups is 2. The van der Waals surface area contributed by atoms with Gasteiger partial charge in [0, 0.05) is 31.9 Å². The van der Waals surface area contributed by atoms with Gasteiger partial charge in [-0.2, -0.15) is 0 Å². The van der Waals surface area contributed by atoms with Crippen molar-refractivity contribution in [1.82, 2.24) is 9.80 Å². The maximum absolute atomic E-state index is 14.4. The molecule has 0 N–H and O–H groups in total. The Bertz CT molecular complexity index is 1540. The lowest BCUT2D eigenvalue weighted by Crippen LogP contribution is -2.58. The van der Waals surface area contributed by atoms with Crippen LogP contribution in [0.4, 0.5) is 19.3 Å². The minimum Gasteiger partial charge on any atom is -0.449 e. The van der Waals surface area contributed by atoms with Gasteiger partial charge in [0.15, 0.2) is 11.6 Å². The van der Waals surface area contributed by atoms with Gasteiger partial charge < -0.3 is 19.3 Å². The number of carbonyl (C=O) groups excluding carboxylic acids is 2. The van der Waals surface area contributed by atoms with Crippen molar-refractivity contribution in [3.8, 4) is 0 Å². The summed E-state index contributed by atoms with van der Waals surface area (Å²) in [5.74, 6) is -1.99. The predicted molar refractivity (Wildman–Crippen MR) is 164 cm³/mol. The lowest BCUT2D eigenvalue weighted by atomic mass is 9.78. The SMILES string of the molecule is O=C1COC(CCN2CCC(c3ccc(F)c(F)c3)(N3CCCOC3=O)CC2)(c2ccc(Cl)c(Cl)c2)CN1c1ccccc1. The Morgan fingerprint density at radius 1 is 0.841 bits per heavy atom. The van der Waals surface area contributed by atoms with Crippen molar-refractivity contribution < 1.29 is 27.8 Å². The standard InChI is InChI=1S/C33H33Cl2F2N3O4/c34-26-9-7-24(19-27(26)35)33(22-39(30(41)21-44-33)25-5-2-1-3-6-25)13-17-38-15-11-32(12-16-38,40-14-4-18-43-31(40)42)23-8-10-28(36)29(37)20-23/h1-3,5-10,19-20H,4,11-18,21-22H2. The van der Waals surface area contributed by atoms with Gasteiger partial charge in [-0.05, 0) is 73.2 Å². The van der Waals surface area contributed by atoms with Gasteiger partial charge in [-0.3, -0.25) is 9.69 Å². The zero-order chi connectivity index (χ0) is 30.9. The number of nitrogens with zero attached hydrogens (tertiary/aromatic N) is 3. The quantitative estimate of drug-likeness (QED) is 0.285. The normalized spacial score (nSPS) is 22.6. The average Bonchev–Trinajstić information content (AvgIpc) is 3.04. The minimum absolute atomic E-state index is 0.0918. The predicted octanol–water partition coefficient (Wildman–Crippen LogP) is 6.75. The highest BCUT2D eigenvalue weighted by atomic mass is 35.5. The summed E-state index contributed by atoms with van der Waals surface area (Å²) in [6.45, 7) is 2.84. The van der Waals surface area contributed by atoms with Crippen LogP contribution >= 0.6 is 23.2 Å². The number of hydrogen-bond acceptors (Lipinski definition) is 5. The van der Waals surface area contributed by atoms with Crippen molar-refractivity contribution in [2.24, 2.45) is 0 Å². The molecule has 0 aromatic heterocycles. The molecular weight excluding hydrogens is 611 g/mol. The second-order valence-electron chi connectivity index (χ2n) is 11.6. The summed E-state index contributed by atoms with van der Waals surface area (Å²) in [6, 6.07) is 18.8. The largest absolute Gasteiger partial charge is 0.449 e. The van der Waals surface area contributed by atoms with Crippen LogP contribution in [-0.4, -0.2) is 67.7 Å². The molecule has 0 saturated carbocycles. The number of hydrogen-bond donors (Lipinski definition) is 0. The first-order valence-electron chi connectivity index (χ1n) is 14.8. The molecule has 3 fully saturated rings. The van der Waals surface area contributed by atoms with Gasteiger partial charge in [0.1, 0.15) is 12.2 Å². The third-order valence-corrected chi connectivity index (χ3v) is 9.90. The van der Waals surface area contributed by atoms with Crippen molar-refractivity contribution in [3.05, 3.63) is 99.5 Å². The van der Waals surface area contributed by atoms with Crippen LogP contribution < -0.4 is 4.90 Å². The van der Waals surface area contributed by atoms with Gasteiger partial charge in [0.2, 0.25) is 0 Å². The van der Waals surface area contributed by atoms with E-state index in [1.54, 1.807) is 28.0 Å². The van der Waals surface area contributed by atoms with Crippen LogP contribution in [-0.2, 0) is 25.4 Å². The van der Waals surface area contributed by atoms with Crippen LogP contribution in [0, 0.1) is 11.6 Å². The molecule has 3 aromatic rings. The second-order valence-corrected chi connectivity index (χ2v) is 12.4. The Morgan fingerprint density at radius 3 is 2.30 bits per heavy atom. The second kappa shape index (κ2) is 12.6. The number of cyclic esters (lactones) is 1. The number of halogens is 4. The van der Waals surface area contributed by atoms with Gasteiger partial charge in [0.25, 0.3) is 5.91 Å². The first-order valence-corrected chi connectivity index (χ1v) is 15.5. The first-order chi connectivity index (χ1) is 21.2. The molecule has 3 aromatic carbocycles. The molecule has 2 amide bonds. The van der Waals surface area contributed by atoms with Crippen LogP contribution in [0.2, 0.25) is 10.0 Å². The number of ether oxygens (including phenoxy) is 2. The maximum atomic E-state index is 14.4. The van der Waals surface area contributed by atoms with Crippen molar-refractivity contribution in [2.75, 3.05) is 50.8 Å². The zero-order valence-corrected chi connectivity index (χ0v) is 25.6. The maximum Gasteiger partial charge on any atom is 0.410 e. The van der Waals surface area contributed by atoms with E-state index in [-0.39, 0.29) is 12.5 Å². The van der Waals surface area contributed by atoms with Crippen molar-refractivity contribution in [1.29, 1.82) is 0 Å². The van der Waals surface area contributed by atoms with E-state index in [0.717, 1.165) is 17.3 Å². The summed E-state index contributed by atoms with van der Waals surface area (Å²) >= 11 is 12.7. The highest BCUT2D eigenvalue weighted by Crippen LogP contribution is 2.42. The Balaban J connectivity index is 1.25. The number of anilines is 1. The van der Waals surface area contributed by atoms with Gasteiger partial charge in [0.05, 0.1) is 28.7 Å². The lowest BCUT2D eigenvalue weighted by Gasteiger charge is -2.50. The molecule has 44 heavy (non-hydrogen) atoms. The minimum atomic E-state index is -0.940. The van der Waals surface area contributed by atoms with Crippen LogP contribution in [0.15, 0.2) is 66.7 Å². The molecule has 0 aliphatic carbocycles. The molecule has 0 spiro atoms. The Kier molecular flexibility index (Phi) is 8.84. The number of amides is 2. The molecule has 1 atom stereocenters. The van der Waals surface area contributed by atoms with Gasteiger partial charge in [-0.25, -0.2) is 13.6 Å². The lowest BCUT2D eigenvalue weighted by molar-refractivity contribution is -0.141. The van der Waals surface area contributed by atoms with Crippen LogP contribution in [0.5, 0.6) is 0 Å². The Labute approximate surface area is 265 Å². The Hall–Kier alpha value is -3.24. The fraction of sp³-hybridized carbons (Fsp3) is 0.394.